The number of hydrogen-bond acceptors (Lipinski definition) is 5. The largest absolute Gasteiger partial charge is 0.419 e. The molecule has 2 aromatic carbocycles. The Morgan fingerprint density at radius 1 is 1.08 bits per heavy atom. The summed E-state index contributed by atoms with van der Waals surface area (Å²) in [5.41, 5.74) is 4.20. The fraction of sp³-hybridized carbons (Fsp3) is 0.105. The quantitative estimate of drug-likeness (QED) is 0.572. The Labute approximate surface area is 143 Å². The second kappa shape index (κ2) is 5.90. The van der Waals surface area contributed by atoms with Crippen LogP contribution >= 0.6 is 0 Å². The Balaban J connectivity index is 1.62. The van der Waals surface area contributed by atoms with Crippen LogP contribution in [0.5, 0.6) is 0 Å². The summed E-state index contributed by atoms with van der Waals surface area (Å²) in [5, 5.41) is 3.98. The van der Waals surface area contributed by atoms with Crippen molar-refractivity contribution in [1.29, 1.82) is 0 Å². The van der Waals surface area contributed by atoms with Gasteiger partial charge in [-0.15, -0.1) is 0 Å². The lowest BCUT2D eigenvalue weighted by molar-refractivity contribution is 0.411. The van der Waals surface area contributed by atoms with E-state index in [9.17, 15) is 4.79 Å². The van der Waals surface area contributed by atoms with E-state index in [0.717, 1.165) is 16.6 Å². The molecule has 4 aromatic rings. The molecule has 0 aliphatic carbocycles. The predicted octanol–water partition coefficient (Wildman–Crippen LogP) is 3.66. The van der Waals surface area contributed by atoms with Gasteiger partial charge >= 0.3 is 5.76 Å². The Kier molecular flexibility index (Phi) is 3.57. The normalized spacial score (nSPS) is 11.6. The van der Waals surface area contributed by atoms with Crippen molar-refractivity contribution < 1.29 is 8.94 Å². The van der Waals surface area contributed by atoms with Crippen LogP contribution in [0.1, 0.15) is 17.0 Å². The topological polar surface area (TPSA) is 74.1 Å². The monoisotopic (exact) mass is 333 g/mol. The zero-order valence-corrected chi connectivity index (χ0v) is 13.8. The molecule has 6 nitrogen and oxygen atoms in total. The van der Waals surface area contributed by atoms with E-state index in [0.29, 0.717) is 17.3 Å². The molecular formula is C19H15N3O3. The van der Waals surface area contributed by atoms with Crippen molar-refractivity contribution in [3.05, 3.63) is 70.0 Å². The lowest BCUT2D eigenvalue weighted by Gasteiger charge is -1.94. The highest BCUT2D eigenvalue weighted by Gasteiger charge is 2.11. The van der Waals surface area contributed by atoms with E-state index >= 15 is 0 Å². The zero-order chi connectivity index (χ0) is 17.4. The average molecular weight is 333 g/mol. The molecule has 0 radical (unpaired) electrons. The molecule has 0 fully saturated rings. The van der Waals surface area contributed by atoms with E-state index in [1.165, 1.54) is 10.1 Å². The van der Waals surface area contributed by atoms with Gasteiger partial charge in [-0.25, -0.2) is 4.79 Å². The number of benzene rings is 2. The molecule has 0 aliphatic rings. The van der Waals surface area contributed by atoms with Crippen molar-refractivity contribution in [2.24, 2.45) is 7.05 Å². The first-order chi connectivity index (χ1) is 12.1. The molecule has 0 bridgehead atoms. The number of nitrogens with zero attached hydrogens (tertiary/aromatic N) is 3. The summed E-state index contributed by atoms with van der Waals surface area (Å²) in [5.74, 6) is 0.448. The molecule has 0 aliphatic heterocycles. The molecule has 0 saturated carbocycles. The molecule has 124 valence electrons. The van der Waals surface area contributed by atoms with Gasteiger partial charge < -0.3 is 8.94 Å². The van der Waals surface area contributed by atoms with E-state index in [1.54, 1.807) is 25.3 Å². The first-order valence-electron chi connectivity index (χ1n) is 7.78. The standard InChI is InChI=1S/C19H15N3O3/c1-12-3-5-13(6-4-12)7-10-17-20-18(21-25-17)14-8-9-15-16(11-14)24-19(23)22(15)2/h3-11H,1-2H3. The van der Waals surface area contributed by atoms with E-state index in [1.807, 2.05) is 43.3 Å². The summed E-state index contributed by atoms with van der Waals surface area (Å²) in [6.07, 6.45) is 3.68. The maximum Gasteiger partial charge on any atom is 0.419 e. The van der Waals surface area contributed by atoms with Crippen LogP contribution in [0.25, 0.3) is 34.6 Å². The molecule has 4 rings (SSSR count). The molecule has 0 unspecified atom stereocenters. The smallest absolute Gasteiger partial charge is 0.408 e. The minimum absolute atomic E-state index is 0.401. The Bertz CT molecular complexity index is 1130. The van der Waals surface area contributed by atoms with Crippen molar-refractivity contribution in [3.63, 3.8) is 0 Å². The van der Waals surface area contributed by atoms with Gasteiger partial charge in [-0.3, -0.25) is 4.57 Å². The third kappa shape index (κ3) is 2.89. The maximum absolute atomic E-state index is 11.6. The molecule has 0 amide bonds. The fourth-order valence-electron chi connectivity index (χ4n) is 2.54. The van der Waals surface area contributed by atoms with E-state index in [2.05, 4.69) is 10.1 Å². The summed E-state index contributed by atoms with van der Waals surface area (Å²) < 4.78 is 11.9. The molecule has 0 atom stereocenters. The van der Waals surface area contributed by atoms with Crippen LogP contribution in [0.15, 0.2) is 56.2 Å². The van der Waals surface area contributed by atoms with Crippen LogP contribution in [0.2, 0.25) is 0 Å². The van der Waals surface area contributed by atoms with Crippen molar-refractivity contribution in [2.45, 2.75) is 6.92 Å². The fourth-order valence-corrected chi connectivity index (χ4v) is 2.54. The van der Waals surface area contributed by atoms with E-state index in [4.69, 9.17) is 8.94 Å². The number of fused-ring (bicyclic) bond motifs is 1. The van der Waals surface area contributed by atoms with Gasteiger partial charge in [0.05, 0.1) is 5.52 Å². The number of aromatic nitrogens is 3. The molecule has 0 saturated heterocycles. The third-order valence-corrected chi connectivity index (χ3v) is 3.99. The summed E-state index contributed by atoms with van der Waals surface area (Å²) in [6, 6.07) is 13.5. The van der Waals surface area contributed by atoms with Crippen LogP contribution in [0.3, 0.4) is 0 Å². The molecule has 2 aromatic heterocycles. The van der Waals surface area contributed by atoms with Crippen LogP contribution in [0.4, 0.5) is 0 Å². The first-order valence-corrected chi connectivity index (χ1v) is 7.78. The van der Waals surface area contributed by atoms with Crippen LogP contribution in [-0.4, -0.2) is 14.7 Å². The summed E-state index contributed by atoms with van der Waals surface area (Å²) in [4.78, 5) is 15.9. The van der Waals surface area contributed by atoms with Gasteiger partial charge in [-0.05, 0) is 36.8 Å². The number of aryl methyl sites for hydroxylation is 2. The lowest BCUT2D eigenvalue weighted by atomic mass is 10.1. The summed E-state index contributed by atoms with van der Waals surface area (Å²) in [7, 11) is 1.66. The second-order valence-electron chi connectivity index (χ2n) is 5.81. The van der Waals surface area contributed by atoms with Gasteiger partial charge in [0.1, 0.15) is 0 Å². The van der Waals surface area contributed by atoms with Gasteiger partial charge in [-0.1, -0.05) is 35.0 Å². The Hall–Kier alpha value is -3.41. The van der Waals surface area contributed by atoms with Crippen molar-refractivity contribution in [1.82, 2.24) is 14.7 Å². The molecule has 6 heteroatoms. The van der Waals surface area contributed by atoms with Crippen molar-refractivity contribution in [2.75, 3.05) is 0 Å². The molecule has 25 heavy (non-hydrogen) atoms. The minimum Gasteiger partial charge on any atom is -0.408 e. The van der Waals surface area contributed by atoms with Crippen LogP contribution in [0, 0.1) is 6.92 Å². The van der Waals surface area contributed by atoms with E-state index in [-0.39, 0.29) is 0 Å². The van der Waals surface area contributed by atoms with Crippen molar-refractivity contribution >= 4 is 23.3 Å². The van der Waals surface area contributed by atoms with Crippen molar-refractivity contribution in [3.8, 4) is 11.4 Å². The molecule has 0 spiro atoms. The second-order valence-corrected chi connectivity index (χ2v) is 5.81. The minimum atomic E-state index is -0.401. The Morgan fingerprint density at radius 3 is 2.68 bits per heavy atom. The highest BCUT2D eigenvalue weighted by Crippen LogP contribution is 2.22. The summed E-state index contributed by atoms with van der Waals surface area (Å²) >= 11 is 0. The highest BCUT2D eigenvalue weighted by atomic mass is 16.5. The maximum atomic E-state index is 11.6. The number of oxazole rings is 1. The Morgan fingerprint density at radius 2 is 1.88 bits per heavy atom. The van der Waals surface area contributed by atoms with E-state index < -0.39 is 5.76 Å². The number of rotatable bonds is 3. The van der Waals surface area contributed by atoms with Gasteiger partial charge in [-0.2, -0.15) is 4.98 Å². The van der Waals surface area contributed by atoms with Crippen LogP contribution < -0.4 is 5.76 Å². The molecule has 0 N–H and O–H groups in total. The summed E-state index contributed by atoms with van der Waals surface area (Å²) in [6.45, 7) is 2.05. The molecule has 2 heterocycles. The SMILES string of the molecule is Cc1ccc(C=Cc2nc(-c3ccc4c(c3)oc(=O)n4C)no2)cc1. The highest BCUT2D eigenvalue weighted by molar-refractivity contribution is 5.79. The molecular weight excluding hydrogens is 318 g/mol. The third-order valence-electron chi connectivity index (χ3n) is 3.99. The first kappa shape index (κ1) is 15.1. The lowest BCUT2D eigenvalue weighted by Crippen LogP contribution is -2.08. The average Bonchev–Trinajstić information content (AvgIpc) is 3.19. The van der Waals surface area contributed by atoms with Gasteiger partial charge in [0, 0.05) is 18.7 Å². The van der Waals surface area contributed by atoms with Gasteiger partial charge in [0.25, 0.3) is 5.89 Å². The van der Waals surface area contributed by atoms with Gasteiger partial charge in [0.2, 0.25) is 5.82 Å². The van der Waals surface area contributed by atoms with Crippen LogP contribution in [-0.2, 0) is 7.05 Å². The zero-order valence-electron chi connectivity index (χ0n) is 13.8. The predicted molar refractivity (Wildman–Crippen MR) is 94.9 cm³/mol. The number of hydrogen-bond donors (Lipinski definition) is 0. The van der Waals surface area contributed by atoms with Gasteiger partial charge in [0.15, 0.2) is 5.58 Å².